The van der Waals surface area contributed by atoms with E-state index in [0.29, 0.717) is 36.6 Å². The van der Waals surface area contributed by atoms with Gasteiger partial charge in [-0.25, -0.2) is 18.7 Å². The van der Waals surface area contributed by atoms with Crippen LogP contribution in [0.25, 0.3) is 0 Å². The maximum atomic E-state index is 13.4. The van der Waals surface area contributed by atoms with Gasteiger partial charge < -0.3 is 15.0 Å². The lowest BCUT2D eigenvalue weighted by atomic mass is 10.0. The number of thiazole rings is 1. The van der Waals surface area contributed by atoms with Crippen LogP contribution in [0.1, 0.15) is 47.1 Å². The molecule has 1 atom stereocenters. The molecule has 3 fully saturated rings. The van der Waals surface area contributed by atoms with Crippen LogP contribution in [-0.2, 0) is 0 Å². The molecule has 5 rings (SSSR count). The molecule has 3 aliphatic rings. The van der Waals surface area contributed by atoms with Gasteiger partial charge in [-0.3, -0.25) is 4.79 Å². The zero-order valence-corrected chi connectivity index (χ0v) is 17.3. The number of carbonyl (C=O) groups is 1. The number of amides is 1. The molecule has 2 saturated carbocycles. The molecule has 0 bridgehead atoms. The van der Waals surface area contributed by atoms with E-state index in [1.54, 1.807) is 29.7 Å². The fourth-order valence-corrected chi connectivity index (χ4v) is 4.60. The Bertz CT molecular complexity index is 908. The average molecular weight is 435 g/mol. The van der Waals surface area contributed by atoms with Crippen molar-refractivity contribution in [2.75, 3.05) is 31.1 Å². The molecule has 0 radical (unpaired) electrons. The van der Waals surface area contributed by atoms with Crippen LogP contribution in [0.5, 0.6) is 5.88 Å². The van der Waals surface area contributed by atoms with Gasteiger partial charge in [0.05, 0.1) is 30.4 Å². The first-order chi connectivity index (χ1) is 14.5. The van der Waals surface area contributed by atoms with Crippen LogP contribution in [0.3, 0.4) is 0 Å². The molecule has 1 amide bonds. The van der Waals surface area contributed by atoms with Gasteiger partial charge in [0.25, 0.3) is 11.8 Å². The summed E-state index contributed by atoms with van der Waals surface area (Å²) in [6.45, 7) is 0.229. The Balaban J connectivity index is 1.32. The Hall–Kier alpha value is -2.29. The van der Waals surface area contributed by atoms with Crippen molar-refractivity contribution in [2.24, 2.45) is 11.8 Å². The number of rotatable bonds is 9. The minimum absolute atomic E-state index is 0.146. The third-order valence-electron chi connectivity index (χ3n) is 5.85. The number of alkyl halides is 2. The smallest absolute Gasteiger partial charge is 0.282 e. The first kappa shape index (κ1) is 19.7. The van der Waals surface area contributed by atoms with E-state index in [4.69, 9.17) is 4.74 Å². The summed E-state index contributed by atoms with van der Waals surface area (Å²) in [7, 11) is 0. The van der Waals surface area contributed by atoms with Crippen LogP contribution in [0.15, 0.2) is 23.7 Å². The quantitative estimate of drug-likeness (QED) is 0.652. The van der Waals surface area contributed by atoms with Crippen LogP contribution in [0.2, 0.25) is 0 Å². The minimum atomic E-state index is -2.73. The number of carbonyl (C=O) groups excluding carboxylic acids is 1. The third-order valence-corrected chi connectivity index (χ3v) is 6.76. The number of aromatic nitrogens is 2. The lowest BCUT2D eigenvalue weighted by Crippen LogP contribution is -2.57. The van der Waals surface area contributed by atoms with E-state index in [2.05, 4.69) is 15.3 Å². The van der Waals surface area contributed by atoms with E-state index >= 15 is 0 Å². The van der Waals surface area contributed by atoms with Crippen molar-refractivity contribution in [3.63, 3.8) is 0 Å². The summed E-state index contributed by atoms with van der Waals surface area (Å²) in [4.78, 5) is 23.3. The minimum Gasteiger partial charge on any atom is -0.477 e. The van der Waals surface area contributed by atoms with Gasteiger partial charge in [-0.05, 0) is 43.6 Å². The van der Waals surface area contributed by atoms with Crippen molar-refractivity contribution < 1.29 is 18.3 Å². The van der Waals surface area contributed by atoms with Crippen molar-refractivity contribution in [1.82, 2.24) is 15.3 Å². The Morgan fingerprint density at radius 1 is 1.30 bits per heavy atom. The fourth-order valence-electron chi connectivity index (χ4n) is 3.76. The molecule has 0 spiro atoms. The van der Waals surface area contributed by atoms with Gasteiger partial charge in [-0.1, -0.05) is 0 Å². The second kappa shape index (κ2) is 7.76. The maximum Gasteiger partial charge on any atom is 0.282 e. The normalized spacial score (nSPS) is 21.1. The Kier molecular flexibility index (Phi) is 5.08. The molecule has 9 heteroatoms. The average Bonchev–Trinajstić information content (AvgIpc) is 3.64. The van der Waals surface area contributed by atoms with Gasteiger partial charge in [0.1, 0.15) is 0 Å². The largest absolute Gasteiger partial charge is 0.477 e. The number of pyridine rings is 1. The van der Waals surface area contributed by atoms with E-state index in [1.165, 1.54) is 4.90 Å². The number of nitrogens with one attached hydrogen (secondary N) is 1. The topological polar surface area (TPSA) is 67.3 Å². The number of halogens is 2. The predicted molar refractivity (Wildman–Crippen MR) is 110 cm³/mol. The number of hydrogen-bond donors (Lipinski definition) is 1. The molecule has 2 aromatic rings. The molecule has 0 aromatic carbocycles. The van der Waals surface area contributed by atoms with Crippen LogP contribution in [0, 0.1) is 11.8 Å². The highest BCUT2D eigenvalue weighted by molar-refractivity contribution is 7.09. The highest BCUT2D eigenvalue weighted by Gasteiger charge is 2.45. The summed E-state index contributed by atoms with van der Waals surface area (Å²) in [6, 6.07) is 3.33. The standard InChI is InChI=1S/C21H24F2N4O2S/c22-21(23)11-27(12-21)16-5-6-17(29-10-13-1-2-13)26-18(16)19(28)25-9-15(14-3-4-14)20-24-7-8-30-20/h5-8,13-15H,1-4,9-12H2,(H,25,28)/t15-/m1/s1. The van der Waals surface area contributed by atoms with Crippen molar-refractivity contribution in [2.45, 2.75) is 37.5 Å². The first-order valence-corrected chi connectivity index (χ1v) is 11.3. The molecule has 160 valence electrons. The Morgan fingerprint density at radius 2 is 2.10 bits per heavy atom. The molecule has 0 unspecified atom stereocenters. The SMILES string of the molecule is O=C(NC[C@@H](c1nccs1)C1CC1)c1nc(OCC2CC2)ccc1N1CC(F)(F)C1. The number of nitrogens with zero attached hydrogens (tertiary/aromatic N) is 3. The molecule has 6 nitrogen and oxygen atoms in total. The third kappa shape index (κ3) is 4.40. The molecule has 2 aromatic heterocycles. The van der Waals surface area contributed by atoms with Gasteiger partial charge in [0.2, 0.25) is 5.88 Å². The van der Waals surface area contributed by atoms with Crippen LogP contribution < -0.4 is 15.0 Å². The maximum absolute atomic E-state index is 13.4. The van der Waals surface area contributed by atoms with Crippen molar-refractivity contribution in [1.29, 1.82) is 0 Å². The van der Waals surface area contributed by atoms with E-state index in [-0.39, 0.29) is 17.5 Å². The van der Waals surface area contributed by atoms with Gasteiger partial charge in [-0.2, -0.15) is 0 Å². The summed E-state index contributed by atoms with van der Waals surface area (Å²) in [5.41, 5.74) is 0.571. The predicted octanol–water partition coefficient (Wildman–Crippen LogP) is 3.71. The van der Waals surface area contributed by atoms with Crippen molar-refractivity contribution in [3.8, 4) is 5.88 Å². The number of anilines is 1. The Morgan fingerprint density at radius 3 is 2.73 bits per heavy atom. The Labute approximate surface area is 177 Å². The zero-order valence-electron chi connectivity index (χ0n) is 16.5. The van der Waals surface area contributed by atoms with Crippen molar-refractivity contribution >= 4 is 22.9 Å². The molecule has 1 saturated heterocycles. The molecule has 1 N–H and O–H groups in total. The van der Waals surface area contributed by atoms with Gasteiger partial charge in [0, 0.05) is 30.1 Å². The molecule has 1 aliphatic heterocycles. The van der Waals surface area contributed by atoms with E-state index < -0.39 is 19.0 Å². The molecular formula is C21H24F2N4O2S. The highest BCUT2D eigenvalue weighted by atomic mass is 32.1. The molecule has 3 heterocycles. The van der Waals surface area contributed by atoms with E-state index in [9.17, 15) is 13.6 Å². The molecule has 2 aliphatic carbocycles. The van der Waals surface area contributed by atoms with Crippen LogP contribution >= 0.6 is 11.3 Å². The van der Waals surface area contributed by atoms with Gasteiger partial charge in [0.15, 0.2) is 5.69 Å². The summed E-state index contributed by atoms with van der Waals surface area (Å²) < 4.78 is 32.5. The summed E-state index contributed by atoms with van der Waals surface area (Å²) in [5.74, 6) is -1.46. The van der Waals surface area contributed by atoms with Gasteiger partial charge >= 0.3 is 0 Å². The monoisotopic (exact) mass is 434 g/mol. The lowest BCUT2D eigenvalue weighted by Gasteiger charge is -2.40. The summed E-state index contributed by atoms with van der Waals surface area (Å²) >= 11 is 1.60. The zero-order chi connectivity index (χ0) is 20.7. The second-order valence-corrected chi connectivity index (χ2v) is 9.43. The summed E-state index contributed by atoms with van der Waals surface area (Å²) in [5, 5.41) is 5.94. The van der Waals surface area contributed by atoms with Crippen LogP contribution in [0.4, 0.5) is 14.5 Å². The first-order valence-electron chi connectivity index (χ1n) is 10.4. The number of hydrogen-bond acceptors (Lipinski definition) is 6. The van der Waals surface area contributed by atoms with Crippen molar-refractivity contribution in [3.05, 3.63) is 34.4 Å². The molecule has 30 heavy (non-hydrogen) atoms. The van der Waals surface area contributed by atoms with Crippen LogP contribution in [-0.4, -0.2) is 48.0 Å². The second-order valence-electron chi connectivity index (χ2n) is 8.51. The van der Waals surface area contributed by atoms with E-state index in [1.807, 2.05) is 5.38 Å². The molecular weight excluding hydrogens is 410 g/mol. The summed E-state index contributed by atoms with van der Waals surface area (Å²) in [6.07, 6.45) is 6.34. The lowest BCUT2D eigenvalue weighted by molar-refractivity contribution is -0.0263. The highest BCUT2D eigenvalue weighted by Crippen LogP contribution is 2.43. The van der Waals surface area contributed by atoms with Gasteiger partial charge in [-0.15, -0.1) is 11.3 Å². The van der Waals surface area contributed by atoms with E-state index in [0.717, 1.165) is 30.7 Å². The fraction of sp³-hybridized carbons (Fsp3) is 0.571. The number of ether oxygens (including phenoxy) is 1.